The summed E-state index contributed by atoms with van der Waals surface area (Å²) < 4.78 is 5.40. The molecule has 1 aliphatic carbocycles. The largest absolute Gasteiger partial charge is 0.548 e. The SMILES string of the molecule is O=C(N[C@@H](C(=O)[O-])c1ccccc1)OCC1c2ccccc2-c2ccccc21. The summed E-state index contributed by atoms with van der Waals surface area (Å²) in [4.78, 5) is 23.7. The van der Waals surface area contributed by atoms with Crippen LogP contribution >= 0.6 is 0 Å². The normalized spacial score (nSPS) is 13.3. The maximum Gasteiger partial charge on any atom is 0.407 e. The number of carboxylic acids is 1. The van der Waals surface area contributed by atoms with Gasteiger partial charge >= 0.3 is 6.09 Å². The quantitative estimate of drug-likeness (QED) is 0.747. The first-order chi connectivity index (χ1) is 13.6. The van der Waals surface area contributed by atoms with Gasteiger partial charge in [0.15, 0.2) is 0 Å². The number of ether oxygens (including phenoxy) is 1. The summed E-state index contributed by atoms with van der Waals surface area (Å²) in [7, 11) is 0. The number of hydrogen-bond donors (Lipinski definition) is 1. The third-order valence-corrected chi connectivity index (χ3v) is 4.97. The van der Waals surface area contributed by atoms with E-state index in [1.54, 1.807) is 30.3 Å². The van der Waals surface area contributed by atoms with Crippen LogP contribution in [0.15, 0.2) is 78.9 Å². The van der Waals surface area contributed by atoms with Crippen LogP contribution in [0.1, 0.15) is 28.7 Å². The molecular formula is C23H18NO4-. The minimum absolute atomic E-state index is 0.0868. The van der Waals surface area contributed by atoms with Crippen LogP contribution in [0, 0.1) is 0 Å². The zero-order valence-electron chi connectivity index (χ0n) is 15.0. The molecule has 4 rings (SSSR count). The smallest absolute Gasteiger partial charge is 0.407 e. The van der Waals surface area contributed by atoms with Gasteiger partial charge in [-0.05, 0) is 27.8 Å². The third-order valence-electron chi connectivity index (χ3n) is 4.97. The molecular weight excluding hydrogens is 354 g/mol. The summed E-state index contributed by atoms with van der Waals surface area (Å²) in [5.74, 6) is -1.48. The lowest BCUT2D eigenvalue weighted by molar-refractivity contribution is -0.308. The topological polar surface area (TPSA) is 78.5 Å². The Balaban J connectivity index is 1.49. The number of nitrogens with one attached hydrogen (secondary N) is 1. The van der Waals surface area contributed by atoms with Gasteiger partial charge in [0.1, 0.15) is 6.61 Å². The number of carbonyl (C=O) groups is 2. The summed E-state index contributed by atoms with van der Waals surface area (Å²) in [5.41, 5.74) is 4.87. The zero-order chi connectivity index (χ0) is 19.5. The van der Waals surface area contributed by atoms with E-state index in [9.17, 15) is 14.7 Å². The van der Waals surface area contributed by atoms with Crippen molar-refractivity contribution in [3.63, 3.8) is 0 Å². The van der Waals surface area contributed by atoms with E-state index in [2.05, 4.69) is 17.4 Å². The Hall–Kier alpha value is -3.60. The number of carbonyl (C=O) groups excluding carboxylic acids is 2. The van der Waals surface area contributed by atoms with Gasteiger partial charge in [-0.3, -0.25) is 0 Å². The molecule has 28 heavy (non-hydrogen) atoms. The minimum atomic E-state index is -1.39. The molecule has 1 aliphatic rings. The fourth-order valence-corrected chi connectivity index (χ4v) is 3.68. The van der Waals surface area contributed by atoms with Crippen molar-refractivity contribution in [2.45, 2.75) is 12.0 Å². The number of benzene rings is 3. The summed E-state index contributed by atoms with van der Waals surface area (Å²) in [6, 6.07) is 23.2. The first-order valence-electron chi connectivity index (χ1n) is 9.02. The molecule has 1 atom stereocenters. The summed E-state index contributed by atoms with van der Waals surface area (Å²) in [5, 5.41) is 13.8. The van der Waals surface area contributed by atoms with Crippen molar-refractivity contribution >= 4 is 12.1 Å². The first kappa shape index (κ1) is 17.8. The lowest BCUT2D eigenvalue weighted by atomic mass is 9.98. The molecule has 0 heterocycles. The molecule has 0 saturated carbocycles. The average Bonchev–Trinajstić information content (AvgIpc) is 3.05. The molecule has 5 nitrogen and oxygen atoms in total. The van der Waals surface area contributed by atoms with Gasteiger partial charge in [0.25, 0.3) is 0 Å². The minimum Gasteiger partial charge on any atom is -0.548 e. The maximum absolute atomic E-state index is 12.3. The molecule has 1 N–H and O–H groups in total. The van der Waals surface area contributed by atoms with Crippen LogP contribution in [0.2, 0.25) is 0 Å². The van der Waals surface area contributed by atoms with Crippen LogP contribution in [0.4, 0.5) is 4.79 Å². The van der Waals surface area contributed by atoms with E-state index < -0.39 is 18.1 Å². The molecule has 0 aromatic heterocycles. The van der Waals surface area contributed by atoms with E-state index in [4.69, 9.17) is 4.74 Å². The Morgan fingerprint density at radius 1 is 0.857 bits per heavy atom. The lowest BCUT2D eigenvalue weighted by Crippen LogP contribution is -2.41. The number of rotatable bonds is 5. The second-order valence-electron chi connectivity index (χ2n) is 6.63. The van der Waals surface area contributed by atoms with Crippen LogP contribution in [0.3, 0.4) is 0 Å². The van der Waals surface area contributed by atoms with Crippen LogP contribution in [0.25, 0.3) is 11.1 Å². The van der Waals surface area contributed by atoms with Crippen molar-refractivity contribution < 1.29 is 19.4 Å². The number of aliphatic carboxylic acids is 1. The van der Waals surface area contributed by atoms with Crippen LogP contribution in [-0.2, 0) is 9.53 Å². The monoisotopic (exact) mass is 372 g/mol. The number of amides is 1. The summed E-state index contributed by atoms with van der Waals surface area (Å²) in [6.07, 6.45) is -0.792. The highest BCUT2D eigenvalue weighted by atomic mass is 16.5. The predicted molar refractivity (Wildman–Crippen MR) is 102 cm³/mol. The fraction of sp³-hybridized carbons (Fsp3) is 0.130. The average molecular weight is 372 g/mol. The second-order valence-corrected chi connectivity index (χ2v) is 6.63. The molecule has 0 unspecified atom stereocenters. The van der Waals surface area contributed by atoms with Gasteiger partial charge in [0.2, 0.25) is 0 Å². The van der Waals surface area contributed by atoms with Crippen LogP contribution in [-0.4, -0.2) is 18.7 Å². The number of fused-ring (bicyclic) bond motifs is 3. The Bertz CT molecular complexity index is 970. The number of carboxylic acid groups (broad SMARTS) is 1. The van der Waals surface area contributed by atoms with E-state index in [0.29, 0.717) is 5.56 Å². The second kappa shape index (κ2) is 7.56. The highest BCUT2D eigenvalue weighted by molar-refractivity contribution is 5.81. The molecule has 0 aliphatic heterocycles. The van der Waals surface area contributed by atoms with Crippen molar-refractivity contribution in [2.75, 3.05) is 6.61 Å². The van der Waals surface area contributed by atoms with Crippen molar-refractivity contribution in [3.8, 4) is 11.1 Å². The van der Waals surface area contributed by atoms with E-state index in [-0.39, 0.29) is 12.5 Å². The Morgan fingerprint density at radius 2 is 1.39 bits per heavy atom. The maximum atomic E-state index is 12.3. The van der Waals surface area contributed by atoms with Gasteiger partial charge in [-0.25, -0.2) is 4.79 Å². The molecule has 0 spiro atoms. The molecule has 0 fully saturated rings. The molecule has 0 radical (unpaired) electrons. The van der Waals surface area contributed by atoms with Crippen molar-refractivity contribution in [1.29, 1.82) is 0 Å². The molecule has 5 heteroatoms. The number of alkyl carbamates (subject to hydrolysis) is 1. The van der Waals surface area contributed by atoms with Gasteiger partial charge in [-0.2, -0.15) is 0 Å². The highest BCUT2D eigenvalue weighted by Gasteiger charge is 2.29. The van der Waals surface area contributed by atoms with Crippen molar-refractivity contribution in [1.82, 2.24) is 5.32 Å². The number of hydrogen-bond acceptors (Lipinski definition) is 4. The zero-order valence-corrected chi connectivity index (χ0v) is 15.0. The lowest BCUT2D eigenvalue weighted by Gasteiger charge is -2.21. The summed E-state index contributed by atoms with van der Waals surface area (Å²) in [6.45, 7) is 0.119. The molecule has 140 valence electrons. The van der Waals surface area contributed by atoms with Gasteiger partial charge in [0.05, 0.1) is 12.0 Å². The molecule has 1 amide bonds. The Kier molecular flexibility index (Phi) is 4.81. The van der Waals surface area contributed by atoms with Crippen LogP contribution in [0.5, 0.6) is 0 Å². The van der Waals surface area contributed by atoms with Gasteiger partial charge < -0.3 is 20.0 Å². The van der Waals surface area contributed by atoms with E-state index in [0.717, 1.165) is 22.3 Å². The van der Waals surface area contributed by atoms with Gasteiger partial charge in [0, 0.05) is 5.92 Å². The molecule has 3 aromatic rings. The first-order valence-corrected chi connectivity index (χ1v) is 9.02. The van der Waals surface area contributed by atoms with Crippen molar-refractivity contribution in [2.24, 2.45) is 0 Å². The summed E-state index contributed by atoms with van der Waals surface area (Å²) >= 11 is 0. The molecule has 3 aromatic carbocycles. The van der Waals surface area contributed by atoms with Crippen molar-refractivity contribution in [3.05, 3.63) is 95.6 Å². The van der Waals surface area contributed by atoms with Gasteiger partial charge in [-0.1, -0.05) is 78.9 Å². The Labute approximate surface area is 162 Å². The third kappa shape index (κ3) is 3.34. The molecule has 0 saturated heterocycles. The fourth-order valence-electron chi connectivity index (χ4n) is 3.68. The van der Waals surface area contributed by atoms with Gasteiger partial charge in [-0.15, -0.1) is 0 Å². The van der Waals surface area contributed by atoms with E-state index in [1.807, 2.05) is 36.4 Å². The Morgan fingerprint density at radius 3 is 1.96 bits per heavy atom. The predicted octanol–water partition coefficient (Wildman–Crippen LogP) is 3.02. The van der Waals surface area contributed by atoms with Crippen LogP contribution < -0.4 is 10.4 Å². The van der Waals surface area contributed by atoms with E-state index >= 15 is 0 Å². The standard InChI is InChI=1S/C23H19NO4/c25-22(26)21(15-8-2-1-3-9-15)24-23(27)28-14-20-18-12-6-4-10-16(18)17-11-5-7-13-19(17)20/h1-13,20-21H,14H2,(H,24,27)(H,25,26)/p-1/t21-/m1/s1. The van der Waals surface area contributed by atoms with E-state index in [1.165, 1.54) is 0 Å². The molecule has 0 bridgehead atoms. The highest BCUT2D eigenvalue weighted by Crippen LogP contribution is 2.44.